The molecule has 4 aromatic rings. The number of amides is 1. The Kier molecular flexibility index (Phi) is 3.08. The molecule has 4 rings (SSSR count). The van der Waals surface area contributed by atoms with Crippen LogP contribution in [0.1, 0.15) is 15.9 Å². The first-order chi connectivity index (χ1) is 11.2. The maximum atomic E-state index is 12.6. The number of anilines is 1. The molecule has 0 unspecified atom stereocenters. The number of hydrogen-bond donors (Lipinski definition) is 2. The van der Waals surface area contributed by atoms with Crippen molar-refractivity contribution in [1.29, 1.82) is 0 Å². The normalized spacial score (nSPS) is 11.0. The van der Waals surface area contributed by atoms with E-state index < -0.39 is 0 Å². The second-order valence-electron chi connectivity index (χ2n) is 5.57. The number of aryl methyl sites for hydroxylation is 1. The van der Waals surface area contributed by atoms with Gasteiger partial charge in [-0.05, 0) is 30.0 Å². The largest absolute Gasteiger partial charge is 0.360 e. The lowest BCUT2D eigenvalue weighted by Gasteiger charge is -2.06. The van der Waals surface area contributed by atoms with E-state index in [2.05, 4.69) is 15.3 Å². The summed E-state index contributed by atoms with van der Waals surface area (Å²) in [6.07, 6.45) is 3.51. The summed E-state index contributed by atoms with van der Waals surface area (Å²) in [5, 5.41) is 5.93. The van der Waals surface area contributed by atoms with E-state index >= 15 is 0 Å². The van der Waals surface area contributed by atoms with Crippen LogP contribution < -0.4 is 5.32 Å². The van der Waals surface area contributed by atoms with Gasteiger partial charge in [0, 0.05) is 28.7 Å². The average Bonchev–Trinajstić information content (AvgIpc) is 3.00. The van der Waals surface area contributed by atoms with Crippen molar-refractivity contribution in [3.05, 3.63) is 72.1 Å². The molecule has 0 fully saturated rings. The van der Waals surface area contributed by atoms with Gasteiger partial charge in [0.2, 0.25) is 0 Å². The highest BCUT2D eigenvalue weighted by atomic mass is 16.1. The van der Waals surface area contributed by atoms with Crippen LogP contribution in [0, 0.1) is 6.92 Å². The van der Waals surface area contributed by atoms with Crippen LogP contribution in [0.2, 0.25) is 0 Å². The molecule has 4 nitrogen and oxygen atoms in total. The molecule has 0 radical (unpaired) electrons. The number of rotatable bonds is 2. The van der Waals surface area contributed by atoms with E-state index in [9.17, 15) is 4.79 Å². The van der Waals surface area contributed by atoms with Gasteiger partial charge in [-0.15, -0.1) is 0 Å². The molecular formula is C19H15N3O. The number of carbonyl (C=O) groups excluding carboxylic acids is 1. The summed E-state index contributed by atoms with van der Waals surface area (Å²) in [4.78, 5) is 20.1. The van der Waals surface area contributed by atoms with Crippen LogP contribution >= 0.6 is 0 Å². The molecule has 2 N–H and O–H groups in total. The van der Waals surface area contributed by atoms with E-state index in [1.165, 1.54) is 0 Å². The Bertz CT molecular complexity index is 1030. The third kappa shape index (κ3) is 2.34. The molecule has 0 aliphatic rings. The number of nitrogens with one attached hydrogen (secondary N) is 2. The summed E-state index contributed by atoms with van der Waals surface area (Å²) in [6.45, 7) is 2.00. The van der Waals surface area contributed by atoms with Gasteiger partial charge in [-0.25, -0.2) is 4.98 Å². The molecule has 0 spiro atoms. The Hall–Kier alpha value is -3.14. The fraction of sp³-hybridized carbons (Fsp3) is 0.0526. The minimum absolute atomic E-state index is 0.159. The molecule has 0 atom stereocenters. The minimum atomic E-state index is -0.159. The minimum Gasteiger partial charge on any atom is -0.360 e. The van der Waals surface area contributed by atoms with Crippen LogP contribution in [0.25, 0.3) is 21.7 Å². The predicted molar refractivity (Wildman–Crippen MR) is 92.7 cm³/mol. The van der Waals surface area contributed by atoms with E-state index in [1.807, 2.05) is 55.5 Å². The smallest absolute Gasteiger partial charge is 0.258 e. The fourth-order valence-corrected chi connectivity index (χ4v) is 2.88. The maximum absolute atomic E-state index is 12.6. The molecule has 112 valence electrons. The van der Waals surface area contributed by atoms with E-state index in [-0.39, 0.29) is 5.91 Å². The summed E-state index contributed by atoms with van der Waals surface area (Å²) in [5.74, 6) is 0.393. The number of benzene rings is 2. The summed E-state index contributed by atoms with van der Waals surface area (Å²) in [7, 11) is 0. The molecule has 0 saturated heterocycles. The Morgan fingerprint density at radius 2 is 1.91 bits per heavy atom. The molecule has 2 aromatic carbocycles. The van der Waals surface area contributed by atoms with E-state index in [1.54, 1.807) is 12.4 Å². The van der Waals surface area contributed by atoms with Crippen molar-refractivity contribution < 1.29 is 4.79 Å². The molecule has 2 aromatic heterocycles. The van der Waals surface area contributed by atoms with Gasteiger partial charge in [0.1, 0.15) is 5.82 Å². The second kappa shape index (κ2) is 5.25. The molecule has 4 heteroatoms. The molecule has 0 aliphatic heterocycles. The van der Waals surface area contributed by atoms with Crippen molar-refractivity contribution >= 4 is 33.4 Å². The molecular weight excluding hydrogens is 286 g/mol. The van der Waals surface area contributed by atoms with Crippen LogP contribution in [-0.4, -0.2) is 15.9 Å². The summed E-state index contributed by atoms with van der Waals surface area (Å²) >= 11 is 0. The van der Waals surface area contributed by atoms with Gasteiger partial charge in [-0.1, -0.05) is 36.4 Å². The van der Waals surface area contributed by atoms with Crippen molar-refractivity contribution in [2.45, 2.75) is 6.92 Å². The molecule has 2 heterocycles. The van der Waals surface area contributed by atoms with Crippen molar-refractivity contribution in [2.75, 3.05) is 5.32 Å². The number of nitrogens with zero attached hydrogens (tertiary/aromatic N) is 1. The number of pyridine rings is 1. The molecule has 0 saturated carbocycles. The summed E-state index contributed by atoms with van der Waals surface area (Å²) in [5.41, 5.74) is 2.66. The quantitative estimate of drug-likeness (QED) is 0.580. The van der Waals surface area contributed by atoms with Gasteiger partial charge in [0.15, 0.2) is 0 Å². The maximum Gasteiger partial charge on any atom is 0.258 e. The zero-order valence-corrected chi connectivity index (χ0v) is 12.6. The Labute approximate surface area is 133 Å². The number of hydrogen-bond acceptors (Lipinski definition) is 2. The van der Waals surface area contributed by atoms with Gasteiger partial charge >= 0.3 is 0 Å². The van der Waals surface area contributed by atoms with E-state index in [0.29, 0.717) is 11.4 Å². The van der Waals surface area contributed by atoms with Crippen LogP contribution in [0.3, 0.4) is 0 Å². The van der Waals surface area contributed by atoms with Crippen LogP contribution in [-0.2, 0) is 0 Å². The number of fused-ring (bicyclic) bond motifs is 2. The first-order valence-corrected chi connectivity index (χ1v) is 7.45. The SMILES string of the molecule is Cc1cccc2[nH]cc(C(=O)Nc3cc4ccccc4cn3)c12. The van der Waals surface area contributed by atoms with Crippen molar-refractivity contribution in [3.63, 3.8) is 0 Å². The topological polar surface area (TPSA) is 57.8 Å². The summed E-state index contributed by atoms with van der Waals surface area (Å²) < 4.78 is 0. The Morgan fingerprint density at radius 3 is 2.78 bits per heavy atom. The third-order valence-corrected chi connectivity index (χ3v) is 4.03. The standard InChI is InChI=1S/C19H15N3O/c1-12-5-4-8-16-18(12)15(11-20-16)19(23)22-17-9-13-6-2-3-7-14(13)10-21-17/h2-11,20H,1H3,(H,21,22,23). The Morgan fingerprint density at radius 1 is 1.09 bits per heavy atom. The highest BCUT2D eigenvalue weighted by molar-refractivity contribution is 6.13. The van der Waals surface area contributed by atoms with Crippen molar-refractivity contribution in [1.82, 2.24) is 9.97 Å². The van der Waals surface area contributed by atoms with Crippen LogP contribution in [0.5, 0.6) is 0 Å². The van der Waals surface area contributed by atoms with Gasteiger partial charge in [0.25, 0.3) is 5.91 Å². The van der Waals surface area contributed by atoms with E-state index in [0.717, 1.165) is 27.2 Å². The number of aromatic nitrogens is 2. The van der Waals surface area contributed by atoms with E-state index in [4.69, 9.17) is 0 Å². The number of H-pyrrole nitrogens is 1. The lowest BCUT2D eigenvalue weighted by Crippen LogP contribution is -2.12. The lowest BCUT2D eigenvalue weighted by molar-refractivity contribution is 0.102. The zero-order chi connectivity index (χ0) is 15.8. The predicted octanol–water partition coefficient (Wildman–Crippen LogP) is 4.28. The van der Waals surface area contributed by atoms with Crippen molar-refractivity contribution in [2.24, 2.45) is 0 Å². The highest BCUT2D eigenvalue weighted by Gasteiger charge is 2.14. The second-order valence-corrected chi connectivity index (χ2v) is 5.57. The van der Waals surface area contributed by atoms with Gasteiger partial charge in [-0.2, -0.15) is 0 Å². The molecule has 0 bridgehead atoms. The number of carbonyl (C=O) groups is 1. The van der Waals surface area contributed by atoms with Gasteiger partial charge in [0.05, 0.1) is 5.56 Å². The Balaban J connectivity index is 1.70. The van der Waals surface area contributed by atoms with Crippen molar-refractivity contribution in [3.8, 4) is 0 Å². The van der Waals surface area contributed by atoms with Gasteiger partial charge < -0.3 is 10.3 Å². The van der Waals surface area contributed by atoms with Crippen LogP contribution in [0.4, 0.5) is 5.82 Å². The fourth-order valence-electron chi connectivity index (χ4n) is 2.88. The third-order valence-electron chi connectivity index (χ3n) is 4.03. The first kappa shape index (κ1) is 13.5. The molecule has 1 amide bonds. The van der Waals surface area contributed by atoms with Gasteiger partial charge in [-0.3, -0.25) is 4.79 Å². The monoisotopic (exact) mass is 301 g/mol. The first-order valence-electron chi connectivity index (χ1n) is 7.45. The lowest BCUT2D eigenvalue weighted by atomic mass is 10.1. The zero-order valence-electron chi connectivity index (χ0n) is 12.6. The highest BCUT2D eigenvalue weighted by Crippen LogP contribution is 2.23. The van der Waals surface area contributed by atoms with Crippen LogP contribution in [0.15, 0.2) is 60.9 Å². The molecule has 0 aliphatic carbocycles. The summed E-state index contributed by atoms with van der Waals surface area (Å²) in [6, 6.07) is 15.8. The number of aromatic amines is 1. The molecule has 23 heavy (non-hydrogen) atoms. The average molecular weight is 301 g/mol.